The SMILES string of the molecule is CCC1=C(O)C[C@H](c2ccc[nH]c2=O)O1. The van der Waals surface area contributed by atoms with Crippen LogP contribution in [-0.2, 0) is 4.74 Å². The topological polar surface area (TPSA) is 62.3 Å². The number of aromatic nitrogens is 1. The molecule has 0 amide bonds. The fourth-order valence-corrected chi connectivity index (χ4v) is 1.72. The number of aliphatic hydroxyl groups excluding tert-OH is 1. The summed E-state index contributed by atoms with van der Waals surface area (Å²) in [5.41, 5.74) is 0.403. The maximum absolute atomic E-state index is 11.5. The van der Waals surface area contributed by atoms with E-state index in [9.17, 15) is 9.90 Å². The third-order valence-electron chi connectivity index (χ3n) is 2.50. The van der Waals surface area contributed by atoms with Gasteiger partial charge in [-0.05, 0) is 12.1 Å². The largest absolute Gasteiger partial charge is 0.509 e. The lowest BCUT2D eigenvalue weighted by Crippen LogP contribution is -2.15. The number of hydrogen-bond donors (Lipinski definition) is 2. The Morgan fingerprint density at radius 3 is 3.07 bits per heavy atom. The van der Waals surface area contributed by atoms with Crippen molar-refractivity contribution in [3.63, 3.8) is 0 Å². The van der Waals surface area contributed by atoms with E-state index in [1.807, 2.05) is 6.92 Å². The predicted molar refractivity (Wildman–Crippen MR) is 55.5 cm³/mol. The molecular weight excluding hydrogens is 194 g/mol. The molecule has 80 valence electrons. The van der Waals surface area contributed by atoms with Gasteiger partial charge >= 0.3 is 0 Å². The standard InChI is InChI=1S/C11H13NO3/c1-2-9-8(13)6-10(15-9)7-4-3-5-12-11(7)14/h3-5,10,13H,2,6H2,1H3,(H,12,14)/t10-/m1/s1. The molecule has 4 heteroatoms. The molecule has 15 heavy (non-hydrogen) atoms. The zero-order valence-electron chi connectivity index (χ0n) is 8.49. The van der Waals surface area contributed by atoms with Crippen LogP contribution in [0.25, 0.3) is 0 Å². The predicted octanol–water partition coefficient (Wildman–Crippen LogP) is 2.02. The molecule has 0 saturated heterocycles. The van der Waals surface area contributed by atoms with Gasteiger partial charge in [0, 0.05) is 19.0 Å². The van der Waals surface area contributed by atoms with Crippen LogP contribution in [0.15, 0.2) is 34.6 Å². The molecule has 2 rings (SSSR count). The molecule has 1 aromatic heterocycles. The van der Waals surface area contributed by atoms with Crippen molar-refractivity contribution in [2.45, 2.75) is 25.9 Å². The molecule has 1 aliphatic heterocycles. The van der Waals surface area contributed by atoms with E-state index in [4.69, 9.17) is 4.74 Å². The maximum Gasteiger partial charge on any atom is 0.254 e. The number of allylic oxidation sites excluding steroid dienone is 1. The van der Waals surface area contributed by atoms with Gasteiger partial charge in [-0.25, -0.2) is 0 Å². The van der Waals surface area contributed by atoms with Gasteiger partial charge in [-0.3, -0.25) is 4.79 Å². The van der Waals surface area contributed by atoms with E-state index >= 15 is 0 Å². The molecule has 0 bridgehead atoms. The van der Waals surface area contributed by atoms with Gasteiger partial charge in [0.2, 0.25) is 0 Å². The van der Waals surface area contributed by atoms with Crippen molar-refractivity contribution in [3.05, 3.63) is 45.8 Å². The van der Waals surface area contributed by atoms with E-state index in [1.54, 1.807) is 18.3 Å². The number of nitrogens with one attached hydrogen (secondary N) is 1. The van der Waals surface area contributed by atoms with Crippen LogP contribution in [0.3, 0.4) is 0 Å². The van der Waals surface area contributed by atoms with Gasteiger partial charge in [0.15, 0.2) is 0 Å². The first-order valence-electron chi connectivity index (χ1n) is 4.97. The molecule has 0 fully saturated rings. The van der Waals surface area contributed by atoms with E-state index < -0.39 is 0 Å². The monoisotopic (exact) mass is 207 g/mol. The summed E-state index contributed by atoms with van der Waals surface area (Å²) < 4.78 is 5.50. The second-order valence-electron chi connectivity index (χ2n) is 3.49. The summed E-state index contributed by atoms with van der Waals surface area (Å²) in [5.74, 6) is 0.842. The molecule has 0 saturated carbocycles. The highest BCUT2D eigenvalue weighted by Crippen LogP contribution is 2.34. The summed E-state index contributed by atoms with van der Waals surface area (Å²) in [7, 11) is 0. The van der Waals surface area contributed by atoms with Crippen LogP contribution in [-0.4, -0.2) is 10.1 Å². The van der Waals surface area contributed by atoms with E-state index in [0.717, 1.165) is 0 Å². The summed E-state index contributed by atoms with van der Waals surface area (Å²) in [4.78, 5) is 14.1. The third kappa shape index (κ3) is 1.75. The van der Waals surface area contributed by atoms with Gasteiger partial charge in [0.05, 0.1) is 5.56 Å². The zero-order chi connectivity index (χ0) is 10.8. The van der Waals surface area contributed by atoms with Crippen molar-refractivity contribution in [2.24, 2.45) is 0 Å². The minimum atomic E-state index is -0.343. The quantitative estimate of drug-likeness (QED) is 0.779. The molecule has 0 aromatic carbocycles. The first kappa shape index (κ1) is 9.83. The second-order valence-corrected chi connectivity index (χ2v) is 3.49. The van der Waals surface area contributed by atoms with Crippen molar-refractivity contribution in [3.8, 4) is 0 Å². The van der Waals surface area contributed by atoms with E-state index in [1.165, 1.54) is 0 Å². The van der Waals surface area contributed by atoms with Crippen LogP contribution in [0.4, 0.5) is 0 Å². The van der Waals surface area contributed by atoms with E-state index in [0.29, 0.717) is 24.2 Å². The number of pyridine rings is 1. The average Bonchev–Trinajstić information content (AvgIpc) is 2.60. The van der Waals surface area contributed by atoms with Crippen LogP contribution in [0.5, 0.6) is 0 Å². The molecule has 0 spiro atoms. The Morgan fingerprint density at radius 1 is 1.67 bits per heavy atom. The molecule has 0 radical (unpaired) electrons. The van der Waals surface area contributed by atoms with Gasteiger partial charge in [-0.2, -0.15) is 0 Å². The van der Waals surface area contributed by atoms with Gasteiger partial charge in [-0.15, -0.1) is 0 Å². The molecule has 0 unspecified atom stereocenters. The highest BCUT2D eigenvalue weighted by atomic mass is 16.5. The molecule has 0 aliphatic carbocycles. The first-order valence-corrected chi connectivity index (χ1v) is 4.97. The Bertz CT molecular complexity index is 447. The Labute approximate surface area is 87.2 Å². The van der Waals surface area contributed by atoms with Crippen LogP contribution in [0, 0.1) is 0 Å². The van der Waals surface area contributed by atoms with Gasteiger partial charge in [-0.1, -0.05) is 6.92 Å². The summed E-state index contributed by atoms with van der Waals surface area (Å²) in [5, 5.41) is 9.55. The normalized spacial score (nSPS) is 20.5. The van der Waals surface area contributed by atoms with Crippen molar-refractivity contribution >= 4 is 0 Å². The fraction of sp³-hybridized carbons (Fsp3) is 0.364. The molecular formula is C11H13NO3. The maximum atomic E-state index is 11.5. The van der Waals surface area contributed by atoms with Crippen molar-refractivity contribution in [2.75, 3.05) is 0 Å². The van der Waals surface area contributed by atoms with Crippen molar-refractivity contribution < 1.29 is 9.84 Å². The number of aliphatic hydroxyl groups is 1. The summed E-state index contributed by atoms with van der Waals surface area (Å²) in [6.45, 7) is 1.91. The molecule has 2 N–H and O–H groups in total. The highest BCUT2D eigenvalue weighted by Gasteiger charge is 2.27. The molecule has 2 heterocycles. The first-order chi connectivity index (χ1) is 7.22. The minimum Gasteiger partial charge on any atom is -0.509 e. The van der Waals surface area contributed by atoms with Crippen LogP contribution in [0.2, 0.25) is 0 Å². The van der Waals surface area contributed by atoms with Crippen molar-refractivity contribution in [1.29, 1.82) is 0 Å². The lowest BCUT2D eigenvalue weighted by Gasteiger charge is -2.10. The Kier molecular flexibility index (Phi) is 2.49. The molecule has 1 aromatic rings. The van der Waals surface area contributed by atoms with Gasteiger partial charge in [0.25, 0.3) is 5.56 Å². The Morgan fingerprint density at radius 2 is 2.47 bits per heavy atom. The highest BCUT2D eigenvalue weighted by molar-refractivity contribution is 5.19. The number of H-pyrrole nitrogens is 1. The zero-order valence-corrected chi connectivity index (χ0v) is 8.49. The number of hydrogen-bond acceptors (Lipinski definition) is 3. The Hall–Kier alpha value is -1.71. The number of aromatic amines is 1. The third-order valence-corrected chi connectivity index (χ3v) is 2.50. The summed E-state index contributed by atoms with van der Waals surface area (Å²) >= 11 is 0. The summed E-state index contributed by atoms with van der Waals surface area (Å²) in [6, 6.07) is 3.47. The lowest BCUT2D eigenvalue weighted by atomic mass is 10.1. The molecule has 1 aliphatic rings. The fourth-order valence-electron chi connectivity index (χ4n) is 1.72. The van der Waals surface area contributed by atoms with E-state index in [-0.39, 0.29) is 17.4 Å². The van der Waals surface area contributed by atoms with Gasteiger partial charge < -0.3 is 14.8 Å². The van der Waals surface area contributed by atoms with Crippen LogP contribution >= 0.6 is 0 Å². The van der Waals surface area contributed by atoms with Crippen LogP contribution in [0.1, 0.15) is 31.4 Å². The summed E-state index contributed by atoms with van der Waals surface area (Å²) in [6.07, 6.45) is 2.27. The lowest BCUT2D eigenvalue weighted by molar-refractivity contribution is 0.139. The minimum absolute atomic E-state index is 0.160. The van der Waals surface area contributed by atoms with Crippen molar-refractivity contribution in [1.82, 2.24) is 4.98 Å². The van der Waals surface area contributed by atoms with Crippen LogP contribution < -0.4 is 5.56 Å². The molecule has 1 atom stereocenters. The molecule has 4 nitrogen and oxygen atoms in total. The van der Waals surface area contributed by atoms with E-state index in [2.05, 4.69) is 4.98 Å². The smallest absolute Gasteiger partial charge is 0.254 e. The number of ether oxygens (including phenoxy) is 1. The Balaban J connectivity index is 2.24. The number of rotatable bonds is 2. The average molecular weight is 207 g/mol. The van der Waals surface area contributed by atoms with Gasteiger partial charge in [0.1, 0.15) is 17.6 Å². The second kappa shape index (κ2) is 3.81.